The van der Waals surface area contributed by atoms with Crippen LogP contribution < -0.4 is 14.8 Å². The van der Waals surface area contributed by atoms with E-state index in [9.17, 15) is 0 Å². The van der Waals surface area contributed by atoms with E-state index in [-0.39, 0.29) is 6.04 Å². The molecule has 0 spiro atoms. The van der Waals surface area contributed by atoms with Crippen molar-refractivity contribution < 1.29 is 13.9 Å². The highest BCUT2D eigenvalue weighted by molar-refractivity contribution is 5.38. The van der Waals surface area contributed by atoms with Gasteiger partial charge in [-0.1, -0.05) is 0 Å². The number of nitrogens with one attached hydrogen (secondary N) is 1. The van der Waals surface area contributed by atoms with Gasteiger partial charge in [0.2, 0.25) is 5.89 Å². The summed E-state index contributed by atoms with van der Waals surface area (Å²) in [6.07, 6.45) is 1.72. The normalized spacial score (nSPS) is 12.2. The van der Waals surface area contributed by atoms with Gasteiger partial charge in [0.05, 0.1) is 26.5 Å². The van der Waals surface area contributed by atoms with E-state index < -0.39 is 0 Å². The topological polar surface area (TPSA) is 56.5 Å². The lowest BCUT2D eigenvalue weighted by molar-refractivity contribution is 0.389. The zero-order valence-corrected chi connectivity index (χ0v) is 12.3. The average molecular weight is 276 g/mol. The van der Waals surface area contributed by atoms with Gasteiger partial charge in [-0.25, -0.2) is 4.98 Å². The number of hydrogen-bond acceptors (Lipinski definition) is 5. The molecular weight excluding hydrogens is 256 g/mol. The van der Waals surface area contributed by atoms with E-state index >= 15 is 0 Å². The highest BCUT2D eigenvalue weighted by Crippen LogP contribution is 2.23. The summed E-state index contributed by atoms with van der Waals surface area (Å²) in [5.41, 5.74) is 1.08. The van der Waals surface area contributed by atoms with Crippen LogP contribution in [0.15, 0.2) is 28.8 Å². The van der Waals surface area contributed by atoms with Crippen LogP contribution in [0.5, 0.6) is 11.5 Å². The molecule has 5 heteroatoms. The summed E-state index contributed by atoms with van der Waals surface area (Å²) in [5.74, 6) is 3.07. The summed E-state index contributed by atoms with van der Waals surface area (Å²) in [4.78, 5) is 4.22. The highest BCUT2D eigenvalue weighted by Gasteiger charge is 2.11. The second kappa shape index (κ2) is 6.43. The van der Waals surface area contributed by atoms with E-state index in [1.54, 1.807) is 20.4 Å². The van der Waals surface area contributed by atoms with Crippen molar-refractivity contribution >= 4 is 0 Å². The molecule has 20 heavy (non-hydrogen) atoms. The SMILES string of the molecule is COc1cc(CNC(C)c2ncc(C)o2)cc(OC)c1. The molecule has 1 heterocycles. The van der Waals surface area contributed by atoms with E-state index in [0.717, 1.165) is 22.8 Å². The maximum absolute atomic E-state index is 5.50. The first-order valence-electron chi connectivity index (χ1n) is 6.50. The number of benzene rings is 1. The van der Waals surface area contributed by atoms with Crippen LogP contribution in [0.3, 0.4) is 0 Å². The minimum Gasteiger partial charge on any atom is -0.497 e. The van der Waals surface area contributed by atoms with Gasteiger partial charge < -0.3 is 19.2 Å². The lowest BCUT2D eigenvalue weighted by Crippen LogP contribution is -2.18. The minimum absolute atomic E-state index is 0.0425. The first-order valence-corrected chi connectivity index (χ1v) is 6.50. The molecule has 0 aliphatic carbocycles. The molecule has 0 aliphatic heterocycles. The summed E-state index contributed by atoms with van der Waals surface area (Å²) < 4.78 is 16.0. The fourth-order valence-electron chi connectivity index (χ4n) is 1.90. The average Bonchev–Trinajstić information content (AvgIpc) is 2.91. The molecule has 1 aromatic carbocycles. The number of aromatic nitrogens is 1. The Kier molecular flexibility index (Phi) is 4.63. The van der Waals surface area contributed by atoms with Gasteiger partial charge in [0.1, 0.15) is 17.3 Å². The number of hydrogen-bond donors (Lipinski definition) is 1. The Morgan fingerprint density at radius 2 is 1.85 bits per heavy atom. The maximum atomic E-state index is 5.50. The molecule has 1 unspecified atom stereocenters. The predicted octanol–water partition coefficient (Wildman–Crippen LogP) is 2.85. The Morgan fingerprint density at radius 3 is 2.35 bits per heavy atom. The molecule has 2 aromatic rings. The monoisotopic (exact) mass is 276 g/mol. The van der Waals surface area contributed by atoms with Gasteiger partial charge in [0, 0.05) is 12.6 Å². The van der Waals surface area contributed by atoms with Gasteiger partial charge in [0.15, 0.2) is 0 Å². The van der Waals surface area contributed by atoms with Crippen molar-refractivity contribution in [2.24, 2.45) is 0 Å². The molecule has 0 aliphatic rings. The first kappa shape index (κ1) is 14.4. The lowest BCUT2D eigenvalue weighted by atomic mass is 10.2. The smallest absolute Gasteiger partial charge is 0.211 e. The van der Waals surface area contributed by atoms with Crippen LogP contribution >= 0.6 is 0 Å². The molecule has 108 valence electrons. The molecule has 1 atom stereocenters. The Labute approximate surface area is 118 Å². The van der Waals surface area contributed by atoms with E-state index in [0.29, 0.717) is 12.4 Å². The first-order chi connectivity index (χ1) is 9.62. The van der Waals surface area contributed by atoms with Crippen LogP contribution in [0.25, 0.3) is 0 Å². The standard InChI is InChI=1S/C15H20N2O3/c1-10-8-17-15(20-10)11(2)16-9-12-5-13(18-3)7-14(6-12)19-4/h5-8,11,16H,9H2,1-4H3. The van der Waals surface area contributed by atoms with Crippen molar-refractivity contribution in [2.45, 2.75) is 26.4 Å². The Morgan fingerprint density at radius 1 is 1.20 bits per heavy atom. The molecule has 0 amide bonds. The third-order valence-electron chi connectivity index (χ3n) is 3.03. The molecule has 1 aromatic heterocycles. The van der Waals surface area contributed by atoms with Crippen LogP contribution in [0.4, 0.5) is 0 Å². The molecule has 0 radical (unpaired) electrons. The Bertz CT molecular complexity index is 544. The lowest BCUT2D eigenvalue weighted by Gasteiger charge is -2.12. The van der Waals surface area contributed by atoms with Gasteiger partial charge in [-0.15, -0.1) is 0 Å². The van der Waals surface area contributed by atoms with E-state index in [4.69, 9.17) is 13.9 Å². The van der Waals surface area contributed by atoms with Crippen LogP contribution in [0, 0.1) is 6.92 Å². The van der Waals surface area contributed by atoms with Crippen molar-refractivity contribution in [3.05, 3.63) is 41.6 Å². The number of nitrogens with zero attached hydrogens (tertiary/aromatic N) is 1. The molecule has 0 fully saturated rings. The van der Waals surface area contributed by atoms with Crippen LogP contribution in [-0.4, -0.2) is 19.2 Å². The second-order valence-electron chi connectivity index (χ2n) is 4.63. The predicted molar refractivity (Wildman–Crippen MR) is 76.0 cm³/mol. The van der Waals surface area contributed by atoms with E-state index in [1.807, 2.05) is 32.0 Å². The summed E-state index contributed by atoms with van der Waals surface area (Å²) in [6.45, 7) is 4.58. The number of rotatable bonds is 6. The third kappa shape index (κ3) is 3.51. The van der Waals surface area contributed by atoms with Gasteiger partial charge >= 0.3 is 0 Å². The quantitative estimate of drug-likeness (QED) is 0.879. The van der Waals surface area contributed by atoms with Crippen molar-refractivity contribution in [3.8, 4) is 11.5 Å². The van der Waals surface area contributed by atoms with E-state index in [2.05, 4.69) is 10.3 Å². The fourth-order valence-corrected chi connectivity index (χ4v) is 1.90. The molecule has 1 N–H and O–H groups in total. The zero-order valence-electron chi connectivity index (χ0n) is 12.3. The minimum atomic E-state index is 0.0425. The summed E-state index contributed by atoms with van der Waals surface area (Å²) >= 11 is 0. The zero-order chi connectivity index (χ0) is 14.5. The van der Waals surface area contributed by atoms with Gasteiger partial charge in [-0.2, -0.15) is 0 Å². The maximum Gasteiger partial charge on any atom is 0.211 e. The third-order valence-corrected chi connectivity index (χ3v) is 3.03. The highest BCUT2D eigenvalue weighted by atomic mass is 16.5. The summed E-state index contributed by atoms with van der Waals surface area (Å²) in [5, 5.41) is 3.36. The molecule has 0 saturated carbocycles. The van der Waals surface area contributed by atoms with Crippen molar-refractivity contribution in [2.75, 3.05) is 14.2 Å². The number of methoxy groups -OCH3 is 2. The summed E-state index contributed by atoms with van der Waals surface area (Å²) in [7, 11) is 3.29. The van der Waals surface area contributed by atoms with Crippen LogP contribution in [0.1, 0.15) is 30.2 Å². The van der Waals surface area contributed by atoms with Crippen molar-refractivity contribution in [1.29, 1.82) is 0 Å². The molecule has 5 nitrogen and oxygen atoms in total. The number of aryl methyl sites for hydroxylation is 1. The Hall–Kier alpha value is -2.01. The van der Waals surface area contributed by atoms with Gasteiger partial charge in [0.25, 0.3) is 0 Å². The Balaban J connectivity index is 2.03. The van der Waals surface area contributed by atoms with Crippen LogP contribution in [0.2, 0.25) is 0 Å². The fraction of sp³-hybridized carbons (Fsp3) is 0.400. The van der Waals surface area contributed by atoms with E-state index in [1.165, 1.54) is 0 Å². The number of ether oxygens (including phenoxy) is 2. The molecule has 0 saturated heterocycles. The van der Waals surface area contributed by atoms with Gasteiger partial charge in [-0.3, -0.25) is 0 Å². The summed E-state index contributed by atoms with van der Waals surface area (Å²) in [6, 6.07) is 5.84. The molecule has 0 bridgehead atoms. The van der Waals surface area contributed by atoms with Gasteiger partial charge in [-0.05, 0) is 31.5 Å². The van der Waals surface area contributed by atoms with Crippen LogP contribution in [-0.2, 0) is 6.54 Å². The molecular formula is C15H20N2O3. The number of oxazole rings is 1. The largest absolute Gasteiger partial charge is 0.497 e. The van der Waals surface area contributed by atoms with Crippen molar-refractivity contribution in [3.63, 3.8) is 0 Å². The molecule has 2 rings (SSSR count). The second-order valence-corrected chi connectivity index (χ2v) is 4.63. The van der Waals surface area contributed by atoms with Crippen molar-refractivity contribution in [1.82, 2.24) is 10.3 Å².